The average Bonchev–Trinajstić information content (AvgIpc) is 2.67. The lowest BCUT2D eigenvalue weighted by atomic mass is 9.98. The summed E-state index contributed by atoms with van der Waals surface area (Å²) in [6, 6.07) is 4.70. The van der Waals surface area contributed by atoms with Crippen molar-refractivity contribution in [2.45, 2.75) is 32.7 Å². The third-order valence-electron chi connectivity index (χ3n) is 2.95. The molecule has 1 fully saturated rings. The Morgan fingerprint density at radius 3 is 2.62 bits per heavy atom. The van der Waals surface area contributed by atoms with Crippen LogP contribution in [0.25, 0.3) is 0 Å². The van der Waals surface area contributed by atoms with Gasteiger partial charge in [0.15, 0.2) is 0 Å². The zero-order valence-corrected chi connectivity index (χ0v) is 8.95. The number of hydrazine groups is 1. The van der Waals surface area contributed by atoms with Gasteiger partial charge in [-0.2, -0.15) is 0 Å². The van der Waals surface area contributed by atoms with E-state index < -0.39 is 0 Å². The van der Waals surface area contributed by atoms with Crippen LogP contribution in [0.2, 0.25) is 0 Å². The molecule has 0 amide bonds. The molecule has 0 aromatic carbocycles. The number of hydrogen-bond donors (Lipinski definition) is 2. The minimum absolute atomic E-state index is 0.353. The Kier molecular flexibility index (Phi) is 2.18. The maximum Gasteiger partial charge on any atom is 0.0606 e. The fourth-order valence-corrected chi connectivity index (χ4v) is 2.84. The molecule has 2 rings (SSSR count). The number of hydrogen-bond acceptors (Lipinski definition) is 3. The molecule has 1 atom stereocenters. The Morgan fingerprint density at radius 1 is 1.54 bits per heavy atom. The summed E-state index contributed by atoms with van der Waals surface area (Å²) in [7, 11) is 0. The summed E-state index contributed by atoms with van der Waals surface area (Å²) < 4.78 is 0. The molecule has 3 heteroatoms. The minimum atomic E-state index is 0.353. The maximum absolute atomic E-state index is 5.60. The molecule has 1 unspecified atom stereocenters. The number of nitrogens with one attached hydrogen (secondary N) is 1. The highest BCUT2D eigenvalue weighted by Gasteiger charge is 2.45. The molecular weight excluding hydrogens is 180 g/mol. The third kappa shape index (κ3) is 1.64. The molecule has 2 nitrogen and oxygen atoms in total. The minimum Gasteiger partial charge on any atom is -0.271 e. The van der Waals surface area contributed by atoms with E-state index in [-0.39, 0.29) is 0 Å². The first kappa shape index (κ1) is 9.19. The second-order valence-corrected chi connectivity index (χ2v) is 5.52. The first-order chi connectivity index (χ1) is 6.15. The van der Waals surface area contributed by atoms with Gasteiger partial charge in [0.05, 0.1) is 6.04 Å². The molecule has 0 aliphatic heterocycles. The van der Waals surface area contributed by atoms with Crippen molar-refractivity contribution >= 4 is 11.3 Å². The topological polar surface area (TPSA) is 38.0 Å². The smallest absolute Gasteiger partial charge is 0.0606 e. The van der Waals surface area contributed by atoms with E-state index >= 15 is 0 Å². The summed E-state index contributed by atoms with van der Waals surface area (Å²) >= 11 is 1.84. The van der Waals surface area contributed by atoms with Crippen molar-refractivity contribution in [3.8, 4) is 0 Å². The lowest BCUT2D eigenvalue weighted by Gasteiger charge is -2.21. The van der Waals surface area contributed by atoms with Crippen LogP contribution in [-0.4, -0.2) is 0 Å². The van der Waals surface area contributed by atoms with Gasteiger partial charge < -0.3 is 0 Å². The Labute approximate surface area is 83.1 Å². The van der Waals surface area contributed by atoms with Crippen LogP contribution in [0.5, 0.6) is 0 Å². The highest BCUT2D eigenvalue weighted by atomic mass is 32.1. The summed E-state index contributed by atoms with van der Waals surface area (Å²) in [5.74, 6) is 5.60. The van der Waals surface area contributed by atoms with Crippen LogP contribution in [0.1, 0.15) is 35.6 Å². The molecule has 1 aromatic heterocycles. The predicted octanol–water partition coefficient (Wildman–Crippen LogP) is 2.36. The standard InChI is InChI=1S/C10H16N2S/c1-7-3-4-8(13-7)9(12-11)10(2)5-6-10/h3-4,9,12H,5-6,11H2,1-2H3. The Morgan fingerprint density at radius 2 is 2.23 bits per heavy atom. The largest absolute Gasteiger partial charge is 0.271 e. The second-order valence-electron chi connectivity index (χ2n) is 4.20. The van der Waals surface area contributed by atoms with Crippen molar-refractivity contribution in [3.05, 3.63) is 21.9 Å². The van der Waals surface area contributed by atoms with Crippen LogP contribution in [0.15, 0.2) is 12.1 Å². The first-order valence-electron chi connectivity index (χ1n) is 4.68. The van der Waals surface area contributed by atoms with E-state index in [0.717, 1.165) is 0 Å². The summed E-state index contributed by atoms with van der Waals surface area (Å²) in [5, 5.41) is 0. The molecule has 0 radical (unpaired) electrons. The van der Waals surface area contributed by atoms with Gasteiger partial charge >= 0.3 is 0 Å². The number of thiophene rings is 1. The Bertz CT molecular complexity index is 302. The molecule has 1 aliphatic rings. The second kappa shape index (κ2) is 3.08. The van der Waals surface area contributed by atoms with Gasteiger partial charge in [0.25, 0.3) is 0 Å². The zero-order valence-electron chi connectivity index (χ0n) is 8.13. The van der Waals surface area contributed by atoms with Crippen LogP contribution in [0.3, 0.4) is 0 Å². The molecule has 0 spiro atoms. The van der Waals surface area contributed by atoms with Gasteiger partial charge in [0.2, 0.25) is 0 Å². The van der Waals surface area contributed by atoms with Crippen molar-refractivity contribution in [3.63, 3.8) is 0 Å². The monoisotopic (exact) mass is 196 g/mol. The van der Waals surface area contributed by atoms with Gasteiger partial charge in [0.1, 0.15) is 0 Å². The summed E-state index contributed by atoms with van der Waals surface area (Å²) in [5.41, 5.74) is 3.35. The zero-order chi connectivity index (χ0) is 9.47. The van der Waals surface area contributed by atoms with Gasteiger partial charge in [-0.1, -0.05) is 6.92 Å². The van der Waals surface area contributed by atoms with Gasteiger partial charge in [-0.3, -0.25) is 11.3 Å². The third-order valence-corrected chi connectivity index (χ3v) is 4.01. The van der Waals surface area contributed by atoms with Gasteiger partial charge in [-0.05, 0) is 37.3 Å². The fraction of sp³-hybridized carbons (Fsp3) is 0.600. The highest BCUT2D eigenvalue weighted by Crippen LogP contribution is 2.54. The molecule has 1 aromatic rings. The van der Waals surface area contributed by atoms with E-state index in [0.29, 0.717) is 11.5 Å². The first-order valence-corrected chi connectivity index (χ1v) is 5.50. The number of rotatable bonds is 3. The SMILES string of the molecule is Cc1ccc(C(NN)C2(C)CC2)s1. The lowest BCUT2D eigenvalue weighted by Crippen LogP contribution is -2.32. The van der Waals surface area contributed by atoms with Crippen molar-refractivity contribution in [2.24, 2.45) is 11.3 Å². The van der Waals surface area contributed by atoms with E-state index in [4.69, 9.17) is 5.84 Å². The Balaban J connectivity index is 2.22. The summed E-state index contributed by atoms with van der Waals surface area (Å²) in [4.78, 5) is 2.74. The fourth-order valence-electron chi connectivity index (χ4n) is 1.72. The van der Waals surface area contributed by atoms with Crippen LogP contribution in [0.4, 0.5) is 0 Å². The maximum atomic E-state index is 5.60. The molecular formula is C10H16N2S. The van der Waals surface area contributed by atoms with Crippen LogP contribution in [-0.2, 0) is 0 Å². The van der Waals surface area contributed by atoms with E-state index in [9.17, 15) is 0 Å². The van der Waals surface area contributed by atoms with Gasteiger partial charge in [-0.15, -0.1) is 11.3 Å². The average molecular weight is 196 g/mol. The van der Waals surface area contributed by atoms with Crippen LogP contribution >= 0.6 is 11.3 Å². The molecule has 1 aliphatic carbocycles. The molecule has 13 heavy (non-hydrogen) atoms. The van der Waals surface area contributed by atoms with Gasteiger partial charge in [-0.25, -0.2) is 0 Å². The van der Waals surface area contributed by atoms with Gasteiger partial charge in [0, 0.05) is 9.75 Å². The number of aryl methyl sites for hydroxylation is 1. The molecule has 0 bridgehead atoms. The highest BCUT2D eigenvalue weighted by molar-refractivity contribution is 7.12. The molecule has 72 valence electrons. The van der Waals surface area contributed by atoms with E-state index in [1.54, 1.807) is 0 Å². The van der Waals surface area contributed by atoms with Crippen molar-refractivity contribution in [1.29, 1.82) is 0 Å². The Hall–Kier alpha value is -0.380. The number of nitrogens with two attached hydrogens (primary N) is 1. The van der Waals surface area contributed by atoms with E-state index in [1.807, 2.05) is 11.3 Å². The van der Waals surface area contributed by atoms with Crippen molar-refractivity contribution in [1.82, 2.24) is 5.43 Å². The normalized spacial score (nSPS) is 21.5. The molecule has 1 heterocycles. The molecule has 0 saturated heterocycles. The lowest BCUT2D eigenvalue weighted by molar-refractivity contribution is 0.378. The quantitative estimate of drug-likeness (QED) is 0.575. The van der Waals surface area contributed by atoms with Crippen molar-refractivity contribution < 1.29 is 0 Å². The summed E-state index contributed by atoms with van der Waals surface area (Å²) in [6.45, 7) is 4.43. The van der Waals surface area contributed by atoms with Crippen molar-refractivity contribution in [2.75, 3.05) is 0 Å². The molecule has 3 N–H and O–H groups in total. The van der Waals surface area contributed by atoms with E-state index in [1.165, 1.54) is 22.6 Å². The van der Waals surface area contributed by atoms with Crippen LogP contribution < -0.4 is 11.3 Å². The van der Waals surface area contributed by atoms with Crippen LogP contribution in [0, 0.1) is 12.3 Å². The van der Waals surface area contributed by atoms with E-state index in [2.05, 4.69) is 31.4 Å². The molecule has 1 saturated carbocycles. The summed E-state index contributed by atoms with van der Waals surface area (Å²) in [6.07, 6.45) is 2.58. The predicted molar refractivity (Wildman–Crippen MR) is 56.5 cm³/mol.